The highest BCUT2D eigenvalue weighted by Gasteiger charge is 2.36. The lowest BCUT2D eigenvalue weighted by Crippen LogP contribution is -2.35. The Morgan fingerprint density at radius 3 is 2.50 bits per heavy atom. The fourth-order valence-corrected chi connectivity index (χ4v) is 5.23. The van der Waals surface area contributed by atoms with Crippen LogP contribution in [0.3, 0.4) is 0 Å². The molecule has 0 atom stereocenters. The van der Waals surface area contributed by atoms with Gasteiger partial charge in [-0.25, -0.2) is 0 Å². The van der Waals surface area contributed by atoms with E-state index < -0.39 is 5.91 Å². The Morgan fingerprint density at radius 1 is 1.00 bits per heavy atom. The molecule has 3 aromatic rings. The van der Waals surface area contributed by atoms with E-state index in [-0.39, 0.29) is 18.0 Å². The first kappa shape index (κ1) is 27.5. The van der Waals surface area contributed by atoms with Gasteiger partial charge < -0.3 is 14.2 Å². The minimum absolute atomic E-state index is 0.0626. The molecule has 204 valence electrons. The molecule has 0 saturated heterocycles. The molecule has 0 saturated carbocycles. The SMILES string of the molecule is CCOc1cc(/C=C2/C(=N)N3N=C(c4ccc(C)cc4)SC3=NC2=O)cc(Cl)c1OCCOc1ccccc1C. The second-order valence-corrected chi connectivity index (χ2v) is 10.4. The maximum absolute atomic E-state index is 12.9. The van der Waals surface area contributed by atoms with Gasteiger partial charge >= 0.3 is 0 Å². The summed E-state index contributed by atoms with van der Waals surface area (Å²) in [5, 5.41) is 16.0. The van der Waals surface area contributed by atoms with Crippen LogP contribution in [-0.4, -0.2) is 46.8 Å². The molecule has 3 aromatic carbocycles. The molecule has 10 heteroatoms. The third kappa shape index (κ3) is 5.90. The van der Waals surface area contributed by atoms with Crippen LogP contribution in [-0.2, 0) is 4.79 Å². The van der Waals surface area contributed by atoms with E-state index in [0.29, 0.717) is 45.5 Å². The van der Waals surface area contributed by atoms with Crippen molar-refractivity contribution < 1.29 is 19.0 Å². The molecule has 0 bridgehead atoms. The number of hydrazone groups is 1. The fraction of sp³-hybridized carbons (Fsp3) is 0.200. The molecule has 2 aliphatic rings. The molecule has 0 spiro atoms. The number of para-hydroxylation sites is 1. The number of nitrogens with one attached hydrogen (secondary N) is 1. The van der Waals surface area contributed by atoms with Crippen molar-refractivity contribution in [3.63, 3.8) is 0 Å². The second kappa shape index (κ2) is 12.0. The number of fused-ring (bicyclic) bond motifs is 1. The Labute approximate surface area is 241 Å². The van der Waals surface area contributed by atoms with Crippen LogP contribution in [0.2, 0.25) is 5.02 Å². The molecule has 0 unspecified atom stereocenters. The van der Waals surface area contributed by atoms with Gasteiger partial charge in [0.2, 0.25) is 5.17 Å². The number of hydrogen-bond donors (Lipinski definition) is 1. The predicted octanol–water partition coefficient (Wildman–Crippen LogP) is 6.48. The Hall–Kier alpha value is -4.08. The number of carbonyl (C=O) groups is 1. The Bertz CT molecular complexity index is 1570. The van der Waals surface area contributed by atoms with Crippen LogP contribution in [0.1, 0.15) is 29.2 Å². The Kier molecular flexibility index (Phi) is 8.23. The largest absolute Gasteiger partial charge is 0.490 e. The molecule has 1 N–H and O–H groups in total. The Morgan fingerprint density at radius 2 is 1.75 bits per heavy atom. The summed E-state index contributed by atoms with van der Waals surface area (Å²) in [5.41, 5.74) is 3.73. The van der Waals surface area contributed by atoms with Crippen molar-refractivity contribution >= 4 is 51.4 Å². The molecule has 40 heavy (non-hydrogen) atoms. The molecule has 0 fully saturated rings. The lowest BCUT2D eigenvalue weighted by Gasteiger charge is -2.20. The zero-order chi connectivity index (χ0) is 28.2. The normalized spacial score (nSPS) is 15.6. The monoisotopic (exact) mass is 574 g/mol. The van der Waals surface area contributed by atoms with Gasteiger partial charge in [0.15, 0.2) is 17.3 Å². The average Bonchev–Trinajstić information content (AvgIpc) is 3.36. The van der Waals surface area contributed by atoms with Gasteiger partial charge in [-0.2, -0.15) is 15.1 Å². The molecule has 0 aromatic heterocycles. The first-order valence-electron chi connectivity index (χ1n) is 12.7. The predicted molar refractivity (Wildman–Crippen MR) is 160 cm³/mol. The van der Waals surface area contributed by atoms with Crippen LogP contribution in [0.5, 0.6) is 17.2 Å². The van der Waals surface area contributed by atoms with E-state index in [1.807, 2.05) is 69.3 Å². The summed E-state index contributed by atoms with van der Waals surface area (Å²) in [6, 6.07) is 19.0. The number of halogens is 1. The summed E-state index contributed by atoms with van der Waals surface area (Å²) in [7, 11) is 0. The van der Waals surface area contributed by atoms with E-state index >= 15 is 0 Å². The molecule has 8 nitrogen and oxygen atoms in total. The van der Waals surface area contributed by atoms with E-state index in [9.17, 15) is 4.79 Å². The molecule has 2 heterocycles. The molecular formula is C30H27ClN4O4S. The number of amidine groups is 2. The summed E-state index contributed by atoms with van der Waals surface area (Å²) >= 11 is 7.85. The number of nitrogens with zero attached hydrogens (tertiary/aromatic N) is 3. The number of benzene rings is 3. The maximum atomic E-state index is 12.9. The second-order valence-electron chi connectivity index (χ2n) is 9.02. The van der Waals surface area contributed by atoms with Gasteiger partial charge in [0.25, 0.3) is 5.91 Å². The maximum Gasteiger partial charge on any atom is 0.283 e. The highest BCUT2D eigenvalue weighted by molar-refractivity contribution is 8.27. The van der Waals surface area contributed by atoms with Crippen molar-refractivity contribution in [1.82, 2.24) is 5.01 Å². The van der Waals surface area contributed by atoms with Crippen molar-refractivity contribution in [2.45, 2.75) is 20.8 Å². The van der Waals surface area contributed by atoms with Crippen LogP contribution >= 0.6 is 23.4 Å². The van der Waals surface area contributed by atoms with E-state index in [1.165, 1.54) is 16.8 Å². The van der Waals surface area contributed by atoms with Crippen molar-refractivity contribution in [2.24, 2.45) is 10.1 Å². The number of aryl methyl sites for hydroxylation is 2. The van der Waals surface area contributed by atoms with Crippen molar-refractivity contribution in [3.05, 3.63) is 93.5 Å². The Balaban J connectivity index is 1.34. The average molecular weight is 575 g/mol. The lowest BCUT2D eigenvalue weighted by molar-refractivity contribution is -0.114. The summed E-state index contributed by atoms with van der Waals surface area (Å²) in [4.78, 5) is 17.1. The lowest BCUT2D eigenvalue weighted by atomic mass is 10.1. The number of aliphatic imine (C=N–C) groups is 1. The molecule has 5 rings (SSSR count). The zero-order valence-corrected chi connectivity index (χ0v) is 23.8. The molecule has 2 aliphatic heterocycles. The van der Waals surface area contributed by atoms with E-state index in [2.05, 4.69) is 10.1 Å². The first-order valence-corrected chi connectivity index (χ1v) is 13.9. The standard InChI is InChI=1S/C30H27ClN4O4S/c1-4-37-25-17-20(16-23(31)26(25)39-14-13-38-24-8-6-5-7-19(24)3)15-22-27(32)35-30(33-28(22)36)40-29(34-35)21-11-9-18(2)10-12-21/h5-12,15-17,32H,4,13-14H2,1-3H3/b22-15-,32-27?. The van der Waals surface area contributed by atoms with E-state index in [1.54, 1.807) is 18.2 Å². The zero-order valence-electron chi connectivity index (χ0n) is 22.2. The minimum atomic E-state index is -0.521. The third-order valence-corrected chi connectivity index (χ3v) is 7.31. The summed E-state index contributed by atoms with van der Waals surface area (Å²) in [6.45, 7) is 6.81. The van der Waals surface area contributed by atoms with Gasteiger partial charge in [0, 0.05) is 5.56 Å². The fourth-order valence-electron chi connectivity index (χ4n) is 4.06. The van der Waals surface area contributed by atoms with Gasteiger partial charge in [-0.1, -0.05) is 59.6 Å². The smallest absolute Gasteiger partial charge is 0.283 e. The molecule has 0 aliphatic carbocycles. The molecule has 1 amide bonds. The van der Waals surface area contributed by atoms with Crippen LogP contribution in [0, 0.1) is 19.3 Å². The summed E-state index contributed by atoms with van der Waals surface area (Å²) < 4.78 is 17.5. The molecular weight excluding hydrogens is 548 g/mol. The number of ether oxygens (including phenoxy) is 3. The number of amides is 1. The number of rotatable bonds is 9. The topological polar surface area (TPSA) is 96.6 Å². The van der Waals surface area contributed by atoms with Crippen LogP contribution in [0.4, 0.5) is 0 Å². The number of thioether (sulfide) groups is 1. The number of carbonyl (C=O) groups excluding carboxylic acids is 1. The van der Waals surface area contributed by atoms with Crippen molar-refractivity contribution in [2.75, 3.05) is 19.8 Å². The third-order valence-electron chi connectivity index (χ3n) is 6.08. The van der Waals surface area contributed by atoms with E-state index in [4.69, 9.17) is 31.2 Å². The quantitative estimate of drug-likeness (QED) is 0.232. The van der Waals surface area contributed by atoms with Crippen LogP contribution in [0.25, 0.3) is 6.08 Å². The number of hydrogen-bond acceptors (Lipinski definition) is 7. The van der Waals surface area contributed by atoms with Gasteiger partial charge in [-0.3, -0.25) is 10.2 Å². The minimum Gasteiger partial charge on any atom is -0.490 e. The van der Waals surface area contributed by atoms with Crippen LogP contribution < -0.4 is 14.2 Å². The van der Waals surface area contributed by atoms with Crippen LogP contribution in [0.15, 0.2) is 76.3 Å². The van der Waals surface area contributed by atoms with Gasteiger partial charge in [0.05, 0.1) is 17.2 Å². The summed E-state index contributed by atoms with van der Waals surface area (Å²) in [5.74, 6) is 1.02. The van der Waals surface area contributed by atoms with Gasteiger partial charge in [0.1, 0.15) is 24.0 Å². The van der Waals surface area contributed by atoms with E-state index in [0.717, 1.165) is 22.4 Å². The van der Waals surface area contributed by atoms with Gasteiger partial charge in [-0.05, 0) is 67.9 Å². The summed E-state index contributed by atoms with van der Waals surface area (Å²) in [6.07, 6.45) is 1.56. The highest BCUT2D eigenvalue weighted by atomic mass is 35.5. The first-order chi connectivity index (χ1) is 19.3. The van der Waals surface area contributed by atoms with Gasteiger partial charge in [-0.15, -0.1) is 0 Å². The highest BCUT2D eigenvalue weighted by Crippen LogP contribution is 2.38. The molecule has 0 radical (unpaired) electrons. The van der Waals surface area contributed by atoms with Crippen molar-refractivity contribution in [1.29, 1.82) is 5.41 Å². The van der Waals surface area contributed by atoms with Crippen molar-refractivity contribution in [3.8, 4) is 17.2 Å².